The fourth-order valence-electron chi connectivity index (χ4n) is 2.42. The molecule has 0 aromatic heterocycles. The molecule has 0 spiro atoms. The summed E-state index contributed by atoms with van der Waals surface area (Å²) in [5.41, 5.74) is 1.47. The number of rotatable bonds is 5. The molecule has 0 N–H and O–H groups in total. The predicted molar refractivity (Wildman–Crippen MR) is 71.3 cm³/mol. The van der Waals surface area contributed by atoms with Crippen molar-refractivity contribution in [1.82, 2.24) is 0 Å². The molecule has 1 saturated heterocycles. The SMILES string of the molecule is COC(OC)c1cc(N2CCCC2)ccc1[N+](=O)[O-]. The van der Waals surface area contributed by atoms with Crippen LogP contribution in [0.2, 0.25) is 0 Å². The zero-order valence-corrected chi connectivity index (χ0v) is 11.2. The number of nitro groups is 1. The first-order valence-corrected chi connectivity index (χ1v) is 6.26. The fraction of sp³-hybridized carbons (Fsp3) is 0.538. The molecule has 104 valence electrons. The Kier molecular flexibility index (Phi) is 4.34. The summed E-state index contributed by atoms with van der Waals surface area (Å²) in [6, 6.07) is 5.10. The highest BCUT2D eigenvalue weighted by atomic mass is 16.7. The van der Waals surface area contributed by atoms with Crippen molar-refractivity contribution in [3.8, 4) is 0 Å². The second kappa shape index (κ2) is 5.99. The first kappa shape index (κ1) is 13.8. The summed E-state index contributed by atoms with van der Waals surface area (Å²) in [7, 11) is 2.95. The van der Waals surface area contributed by atoms with Gasteiger partial charge in [-0.1, -0.05) is 0 Å². The lowest BCUT2D eigenvalue weighted by atomic mass is 10.1. The molecular formula is C13H18N2O4. The monoisotopic (exact) mass is 266 g/mol. The minimum Gasteiger partial charge on any atom is -0.372 e. The highest BCUT2D eigenvalue weighted by Gasteiger charge is 2.24. The van der Waals surface area contributed by atoms with Crippen LogP contribution in [0.15, 0.2) is 18.2 Å². The van der Waals surface area contributed by atoms with Gasteiger partial charge in [-0.3, -0.25) is 10.1 Å². The Labute approximate surface area is 112 Å². The highest BCUT2D eigenvalue weighted by Crippen LogP contribution is 2.32. The Hall–Kier alpha value is -1.66. The van der Waals surface area contributed by atoms with Crippen molar-refractivity contribution >= 4 is 11.4 Å². The fourth-order valence-corrected chi connectivity index (χ4v) is 2.42. The third kappa shape index (κ3) is 2.85. The third-order valence-electron chi connectivity index (χ3n) is 3.36. The van der Waals surface area contributed by atoms with Crippen molar-refractivity contribution in [2.24, 2.45) is 0 Å². The van der Waals surface area contributed by atoms with Gasteiger partial charge in [0.15, 0.2) is 6.29 Å². The molecular weight excluding hydrogens is 248 g/mol. The van der Waals surface area contributed by atoms with Crippen LogP contribution in [-0.4, -0.2) is 32.2 Å². The molecule has 19 heavy (non-hydrogen) atoms. The summed E-state index contributed by atoms with van der Waals surface area (Å²) in [6.07, 6.45) is 1.59. The number of benzene rings is 1. The van der Waals surface area contributed by atoms with Gasteiger partial charge in [-0.05, 0) is 25.0 Å². The van der Waals surface area contributed by atoms with Crippen molar-refractivity contribution in [3.05, 3.63) is 33.9 Å². The lowest BCUT2D eigenvalue weighted by Gasteiger charge is -2.20. The molecule has 0 radical (unpaired) electrons. The Balaban J connectivity index is 2.39. The molecule has 6 heteroatoms. The number of nitro benzene ring substituents is 1. The van der Waals surface area contributed by atoms with Gasteiger partial charge in [0.2, 0.25) is 0 Å². The summed E-state index contributed by atoms with van der Waals surface area (Å²) >= 11 is 0. The van der Waals surface area contributed by atoms with Crippen LogP contribution in [0, 0.1) is 10.1 Å². The van der Waals surface area contributed by atoms with E-state index in [0.29, 0.717) is 5.56 Å². The molecule has 1 aliphatic rings. The van der Waals surface area contributed by atoms with E-state index in [1.807, 2.05) is 0 Å². The van der Waals surface area contributed by atoms with E-state index in [9.17, 15) is 10.1 Å². The molecule has 0 amide bonds. The topological polar surface area (TPSA) is 64.8 Å². The van der Waals surface area contributed by atoms with E-state index in [2.05, 4.69) is 4.90 Å². The first-order chi connectivity index (χ1) is 9.17. The van der Waals surface area contributed by atoms with Crippen LogP contribution in [0.4, 0.5) is 11.4 Å². The van der Waals surface area contributed by atoms with Crippen LogP contribution in [0.3, 0.4) is 0 Å². The molecule has 1 aromatic rings. The minimum absolute atomic E-state index is 0.0247. The normalized spacial score (nSPS) is 15.2. The van der Waals surface area contributed by atoms with Gasteiger partial charge < -0.3 is 14.4 Å². The lowest BCUT2D eigenvalue weighted by molar-refractivity contribution is -0.387. The van der Waals surface area contributed by atoms with E-state index in [1.165, 1.54) is 20.3 Å². The second-order valence-corrected chi connectivity index (χ2v) is 4.50. The van der Waals surface area contributed by atoms with Crippen molar-refractivity contribution in [1.29, 1.82) is 0 Å². The molecule has 6 nitrogen and oxygen atoms in total. The number of methoxy groups -OCH3 is 2. The van der Waals surface area contributed by atoms with Crippen LogP contribution in [0.25, 0.3) is 0 Å². The van der Waals surface area contributed by atoms with Gasteiger partial charge in [-0.15, -0.1) is 0 Å². The van der Waals surface area contributed by atoms with Crippen molar-refractivity contribution < 1.29 is 14.4 Å². The second-order valence-electron chi connectivity index (χ2n) is 4.50. The van der Waals surface area contributed by atoms with Gasteiger partial charge in [0.05, 0.1) is 10.5 Å². The zero-order chi connectivity index (χ0) is 13.8. The van der Waals surface area contributed by atoms with E-state index in [4.69, 9.17) is 9.47 Å². The van der Waals surface area contributed by atoms with Gasteiger partial charge in [0.1, 0.15) is 0 Å². The Morgan fingerprint density at radius 1 is 1.26 bits per heavy atom. The molecule has 1 fully saturated rings. The van der Waals surface area contributed by atoms with E-state index >= 15 is 0 Å². The molecule has 0 aliphatic carbocycles. The van der Waals surface area contributed by atoms with Crippen LogP contribution < -0.4 is 4.90 Å². The number of hydrogen-bond donors (Lipinski definition) is 0. The van der Waals surface area contributed by atoms with Crippen LogP contribution in [0.1, 0.15) is 24.7 Å². The predicted octanol–water partition coefficient (Wildman–Crippen LogP) is 2.49. The largest absolute Gasteiger partial charge is 0.372 e. The van der Waals surface area contributed by atoms with E-state index < -0.39 is 11.2 Å². The lowest BCUT2D eigenvalue weighted by Crippen LogP contribution is -2.18. The van der Waals surface area contributed by atoms with Crippen molar-refractivity contribution in [3.63, 3.8) is 0 Å². The Bertz CT molecular complexity index is 454. The van der Waals surface area contributed by atoms with Gasteiger partial charge in [-0.25, -0.2) is 0 Å². The molecule has 0 unspecified atom stereocenters. The van der Waals surface area contributed by atoms with Gasteiger partial charge in [0, 0.05) is 39.1 Å². The van der Waals surface area contributed by atoms with Crippen LogP contribution in [-0.2, 0) is 9.47 Å². The van der Waals surface area contributed by atoms with Gasteiger partial charge in [0.25, 0.3) is 5.69 Å². The van der Waals surface area contributed by atoms with E-state index in [-0.39, 0.29) is 5.69 Å². The quantitative estimate of drug-likeness (QED) is 0.465. The van der Waals surface area contributed by atoms with Gasteiger partial charge >= 0.3 is 0 Å². The maximum Gasteiger partial charge on any atom is 0.277 e. The summed E-state index contributed by atoms with van der Waals surface area (Å²) in [5.74, 6) is 0. The number of nitrogens with zero attached hydrogens (tertiary/aromatic N) is 2. The summed E-state index contributed by atoms with van der Waals surface area (Å²) in [5, 5.41) is 11.1. The van der Waals surface area contributed by atoms with E-state index in [0.717, 1.165) is 31.6 Å². The molecule has 1 aromatic carbocycles. The Morgan fingerprint density at radius 3 is 2.42 bits per heavy atom. The van der Waals surface area contributed by atoms with E-state index in [1.54, 1.807) is 12.1 Å². The van der Waals surface area contributed by atoms with Crippen LogP contribution >= 0.6 is 0 Å². The van der Waals surface area contributed by atoms with Crippen molar-refractivity contribution in [2.75, 3.05) is 32.2 Å². The summed E-state index contributed by atoms with van der Waals surface area (Å²) < 4.78 is 10.3. The smallest absolute Gasteiger partial charge is 0.277 e. The number of anilines is 1. The molecule has 0 bridgehead atoms. The average Bonchev–Trinajstić information content (AvgIpc) is 2.93. The maximum absolute atomic E-state index is 11.1. The van der Waals surface area contributed by atoms with Crippen LogP contribution in [0.5, 0.6) is 0 Å². The maximum atomic E-state index is 11.1. The molecule has 1 heterocycles. The molecule has 0 atom stereocenters. The third-order valence-corrected chi connectivity index (χ3v) is 3.36. The average molecular weight is 266 g/mol. The minimum atomic E-state index is -0.719. The summed E-state index contributed by atoms with van der Waals surface area (Å²) in [6.45, 7) is 1.98. The number of ether oxygens (including phenoxy) is 2. The summed E-state index contributed by atoms with van der Waals surface area (Å²) in [4.78, 5) is 12.9. The highest BCUT2D eigenvalue weighted by molar-refractivity contribution is 5.56. The van der Waals surface area contributed by atoms with Crippen molar-refractivity contribution in [2.45, 2.75) is 19.1 Å². The Morgan fingerprint density at radius 2 is 1.89 bits per heavy atom. The number of hydrogen-bond acceptors (Lipinski definition) is 5. The first-order valence-electron chi connectivity index (χ1n) is 6.26. The zero-order valence-electron chi connectivity index (χ0n) is 11.2. The molecule has 1 aliphatic heterocycles. The van der Waals surface area contributed by atoms with Gasteiger partial charge in [-0.2, -0.15) is 0 Å². The molecule has 2 rings (SSSR count). The molecule has 0 saturated carbocycles. The standard InChI is InChI=1S/C13H18N2O4/c1-18-13(19-2)11-9-10(14-7-3-4-8-14)5-6-12(11)15(16)17/h5-6,9,13H,3-4,7-8H2,1-2H3.